The number of anilines is 1. The molecule has 0 saturated heterocycles. The first kappa shape index (κ1) is 15.6. The number of ether oxygens (including phenoxy) is 2. The molecule has 0 bridgehead atoms. The largest absolute Gasteiger partial charge is 0.493 e. The van der Waals surface area contributed by atoms with Gasteiger partial charge in [-0.05, 0) is 38.7 Å². The minimum Gasteiger partial charge on any atom is -0.493 e. The third-order valence-corrected chi connectivity index (χ3v) is 3.47. The number of aliphatic hydroxyl groups is 1. The molecule has 0 aromatic heterocycles. The zero-order valence-electron chi connectivity index (χ0n) is 12.9. The van der Waals surface area contributed by atoms with Gasteiger partial charge in [-0.15, -0.1) is 0 Å². The van der Waals surface area contributed by atoms with Gasteiger partial charge in [0, 0.05) is 13.1 Å². The Kier molecular flexibility index (Phi) is 4.69. The van der Waals surface area contributed by atoms with E-state index in [1.165, 1.54) is 0 Å². The highest BCUT2D eigenvalue weighted by molar-refractivity contribution is 6.00. The van der Waals surface area contributed by atoms with E-state index in [-0.39, 0.29) is 12.5 Å². The van der Waals surface area contributed by atoms with Gasteiger partial charge in [0.1, 0.15) is 0 Å². The summed E-state index contributed by atoms with van der Waals surface area (Å²) in [6, 6.07) is 3.50. The monoisotopic (exact) mass is 294 g/mol. The maximum Gasteiger partial charge on any atom is 0.267 e. The van der Waals surface area contributed by atoms with Crippen LogP contribution in [0.1, 0.15) is 12.5 Å². The van der Waals surface area contributed by atoms with E-state index in [0.717, 1.165) is 6.54 Å². The van der Waals surface area contributed by atoms with Crippen molar-refractivity contribution in [2.24, 2.45) is 0 Å². The molecule has 0 fully saturated rings. The Morgan fingerprint density at radius 3 is 2.71 bits per heavy atom. The molecule has 1 unspecified atom stereocenters. The molecule has 1 aliphatic heterocycles. The van der Waals surface area contributed by atoms with Gasteiger partial charge < -0.3 is 24.4 Å². The summed E-state index contributed by atoms with van der Waals surface area (Å²) in [5.41, 5.74) is 1.34. The fourth-order valence-electron chi connectivity index (χ4n) is 2.30. The first-order valence-electron chi connectivity index (χ1n) is 6.92. The number of amides is 1. The highest BCUT2D eigenvalue weighted by atomic mass is 16.5. The molecule has 6 nitrogen and oxygen atoms in total. The molecule has 1 aliphatic rings. The zero-order valence-corrected chi connectivity index (χ0v) is 12.9. The van der Waals surface area contributed by atoms with Crippen molar-refractivity contribution in [1.29, 1.82) is 0 Å². The van der Waals surface area contributed by atoms with Gasteiger partial charge in [0.05, 0.1) is 19.4 Å². The summed E-state index contributed by atoms with van der Waals surface area (Å²) < 4.78 is 11.0. The van der Waals surface area contributed by atoms with E-state index in [4.69, 9.17) is 9.47 Å². The SMILES string of the molecule is COc1cc(CO)cc2c1OC(C)C(=O)N2CCN(C)C. The summed E-state index contributed by atoms with van der Waals surface area (Å²) in [6.07, 6.45) is -0.548. The Morgan fingerprint density at radius 1 is 1.43 bits per heavy atom. The molecule has 2 rings (SSSR count). The van der Waals surface area contributed by atoms with Crippen LogP contribution in [0.15, 0.2) is 12.1 Å². The Labute approximate surface area is 124 Å². The third-order valence-electron chi connectivity index (χ3n) is 3.47. The van der Waals surface area contributed by atoms with Crippen LogP contribution in [0.4, 0.5) is 5.69 Å². The van der Waals surface area contributed by atoms with Crippen LogP contribution in [0.2, 0.25) is 0 Å². The average Bonchev–Trinajstić information content (AvgIpc) is 2.46. The Bertz CT molecular complexity index is 531. The molecule has 1 N–H and O–H groups in total. The lowest BCUT2D eigenvalue weighted by Crippen LogP contribution is -2.47. The molecular formula is C15H22N2O4. The highest BCUT2D eigenvalue weighted by Gasteiger charge is 2.33. The first-order chi connectivity index (χ1) is 9.97. The summed E-state index contributed by atoms with van der Waals surface area (Å²) in [5, 5.41) is 9.37. The van der Waals surface area contributed by atoms with Crippen molar-refractivity contribution >= 4 is 11.6 Å². The summed E-state index contributed by atoms with van der Waals surface area (Å²) in [5.74, 6) is 1.01. The fourth-order valence-corrected chi connectivity index (χ4v) is 2.30. The molecule has 1 aromatic carbocycles. The third kappa shape index (κ3) is 3.11. The summed E-state index contributed by atoms with van der Waals surface area (Å²) in [6.45, 7) is 2.91. The van der Waals surface area contributed by atoms with E-state index in [0.29, 0.717) is 29.3 Å². The lowest BCUT2D eigenvalue weighted by atomic mass is 10.1. The highest BCUT2D eigenvalue weighted by Crippen LogP contribution is 2.42. The van der Waals surface area contributed by atoms with Crippen LogP contribution < -0.4 is 14.4 Å². The van der Waals surface area contributed by atoms with Gasteiger partial charge in [0.2, 0.25) is 0 Å². The quantitative estimate of drug-likeness (QED) is 0.873. The van der Waals surface area contributed by atoms with E-state index in [1.807, 2.05) is 19.0 Å². The molecule has 1 aromatic rings. The van der Waals surface area contributed by atoms with Crippen LogP contribution in [-0.4, -0.2) is 56.3 Å². The van der Waals surface area contributed by atoms with Crippen LogP contribution in [0, 0.1) is 0 Å². The number of carbonyl (C=O) groups excluding carboxylic acids is 1. The maximum atomic E-state index is 12.4. The second-order valence-electron chi connectivity index (χ2n) is 5.36. The average molecular weight is 294 g/mol. The minimum atomic E-state index is -0.548. The van der Waals surface area contributed by atoms with Gasteiger partial charge in [-0.1, -0.05) is 0 Å². The minimum absolute atomic E-state index is 0.0820. The van der Waals surface area contributed by atoms with Crippen molar-refractivity contribution in [2.45, 2.75) is 19.6 Å². The van der Waals surface area contributed by atoms with Crippen molar-refractivity contribution in [3.05, 3.63) is 17.7 Å². The van der Waals surface area contributed by atoms with E-state index in [2.05, 4.69) is 0 Å². The van der Waals surface area contributed by atoms with Gasteiger partial charge in [-0.25, -0.2) is 0 Å². The van der Waals surface area contributed by atoms with Gasteiger partial charge in [0.15, 0.2) is 17.6 Å². The van der Waals surface area contributed by atoms with Crippen LogP contribution in [0.5, 0.6) is 11.5 Å². The molecule has 6 heteroatoms. The topological polar surface area (TPSA) is 62.2 Å². The van der Waals surface area contributed by atoms with Gasteiger partial charge in [-0.3, -0.25) is 4.79 Å². The number of likely N-dealkylation sites (N-methyl/N-ethyl adjacent to an activating group) is 1. The molecule has 0 aliphatic carbocycles. The zero-order chi connectivity index (χ0) is 15.6. The Morgan fingerprint density at radius 2 is 2.14 bits per heavy atom. The lowest BCUT2D eigenvalue weighted by molar-refractivity contribution is -0.125. The predicted octanol–water partition coefficient (Wildman–Crippen LogP) is 0.863. The molecule has 0 radical (unpaired) electrons. The number of aliphatic hydroxyl groups excluding tert-OH is 1. The Hall–Kier alpha value is -1.79. The molecule has 0 saturated carbocycles. The van der Waals surface area contributed by atoms with Crippen molar-refractivity contribution in [3.63, 3.8) is 0 Å². The Balaban J connectivity index is 2.46. The van der Waals surface area contributed by atoms with E-state index >= 15 is 0 Å². The molecule has 116 valence electrons. The molecule has 21 heavy (non-hydrogen) atoms. The number of rotatable bonds is 5. The number of methoxy groups -OCH3 is 1. The molecular weight excluding hydrogens is 272 g/mol. The van der Waals surface area contributed by atoms with Gasteiger partial charge in [0.25, 0.3) is 5.91 Å². The van der Waals surface area contributed by atoms with Crippen LogP contribution in [-0.2, 0) is 11.4 Å². The lowest BCUT2D eigenvalue weighted by Gasteiger charge is -2.34. The van der Waals surface area contributed by atoms with Crippen molar-refractivity contribution < 1.29 is 19.4 Å². The van der Waals surface area contributed by atoms with E-state index < -0.39 is 6.10 Å². The maximum absolute atomic E-state index is 12.4. The predicted molar refractivity (Wildman–Crippen MR) is 79.9 cm³/mol. The number of benzene rings is 1. The molecule has 1 atom stereocenters. The first-order valence-corrected chi connectivity index (χ1v) is 6.92. The van der Waals surface area contributed by atoms with Crippen molar-refractivity contribution in [2.75, 3.05) is 39.2 Å². The molecule has 1 heterocycles. The molecule has 1 amide bonds. The van der Waals surface area contributed by atoms with Crippen LogP contribution >= 0.6 is 0 Å². The second-order valence-corrected chi connectivity index (χ2v) is 5.36. The summed E-state index contributed by atoms with van der Waals surface area (Å²) in [4.78, 5) is 16.1. The van der Waals surface area contributed by atoms with Crippen molar-refractivity contribution in [3.8, 4) is 11.5 Å². The van der Waals surface area contributed by atoms with Crippen LogP contribution in [0.25, 0.3) is 0 Å². The number of hydrogen-bond donors (Lipinski definition) is 1. The number of fused-ring (bicyclic) bond motifs is 1. The summed E-state index contributed by atoms with van der Waals surface area (Å²) in [7, 11) is 5.46. The molecule has 0 spiro atoms. The number of nitrogens with zero attached hydrogens (tertiary/aromatic N) is 2. The van der Waals surface area contributed by atoms with E-state index in [9.17, 15) is 9.90 Å². The van der Waals surface area contributed by atoms with Crippen LogP contribution in [0.3, 0.4) is 0 Å². The summed E-state index contributed by atoms with van der Waals surface area (Å²) >= 11 is 0. The smallest absolute Gasteiger partial charge is 0.267 e. The van der Waals surface area contributed by atoms with Crippen molar-refractivity contribution in [1.82, 2.24) is 4.90 Å². The van der Waals surface area contributed by atoms with E-state index in [1.54, 1.807) is 31.1 Å². The fraction of sp³-hybridized carbons (Fsp3) is 0.533. The second kappa shape index (κ2) is 6.32. The normalized spacial score (nSPS) is 17.7. The van der Waals surface area contributed by atoms with Gasteiger partial charge in [-0.2, -0.15) is 0 Å². The number of hydrogen-bond acceptors (Lipinski definition) is 5. The standard InChI is InChI=1S/C15H22N2O4/c1-10-15(19)17(6-5-16(2)3)12-7-11(9-18)8-13(20-4)14(12)21-10/h7-8,10,18H,5-6,9H2,1-4H3. The van der Waals surface area contributed by atoms with Gasteiger partial charge >= 0.3 is 0 Å². The number of carbonyl (C=O) groups is 1.